The number of carbonyl (C=O) groups excluding carboxylic acids is 1. The van der Waals surface area contributed by atoms with Crippen LogP contribution in [0.4, 0.5) is 4.79 Å². The summed E-state index contributed by atoms with van der Waals surface area (Å²) in [5, 5.41) is 14.5. The topological polar surface area (TPSA) is 96.9 Å². The van der Waals surface area contributed by atoms with Crippen LogP contribution < -0.4 is 10.6 Å². The highest BCUT2D eigenvalue weighted by molar-refractivity contribution is 5.87. The Labute approximate surface area is 135 Å². The molecule has 0 radical (unpaired) electrons. The summed E-state index contributed by atoms with van der Waals surface area (Å²) in [6.45, 7) is 1.42. The molecule has 2 amide bonds. The van der Waals surface area contributed by atoms with Gasteiger partial charge < -0.3 is 25.2 Å². The second-order valence-electron chi connectivity index (χ2n) is 5.44. The van der Waals surface area contributed by atoms with E-state index in [0.717, 1.165) is 18.4 Å². The molecule has 2 unspecified atom stereocenters. The molecule has 126 valence electrons. The molecule has 0 spiro atoms. The first-order valence-electron chi connectivity index (χ1n) is 7.57. The highest BCUT2D eigenvalue weighted by Crippen LogP contribution is 2.16. The summed E-state index contributed by atoms with van der Waals surface area (Å²) in [7, 11) is 1.59. The van der Waals surface area contributed by atoms with Crippen molar-refractivity contribution < 1.29 is 24.2 Å². The number of carboxylic acids is 1. The highest BCUT2D eigenvalue weighted by atomic mass is 16.5. The molecular formula is C16H22N2O5. The molecule has 2 atom stereocenters. The molecular weight excluding hydrogens is 300 g/mol. The number of aromatic carboxylic acids is 1. The first kappa shape index (κ1) is 17.2. The number of methoxy groups -OCH3 is 1. The Bertz CT molecular complexity index is 526. The Morgan fingerprint density at radius 3 is 2.70 bits per heavy atom. The van der Waals surface area contributed by atoms with Crippen molar-refractivity contribution in [2.75, 3.05) is 20.3 Å². The highest BCUT2D eigenvalue weighted by Gasteiger charge is 2.27. The van der Waals surface area contributed by atoms with Gasteiger partial charge in [-0.15, -0.1) is 0 Å². The first-order valence-corrected chi connectivity index (χ1v) is 7.57. The lowest BCUT2D eigenvalue weighted by Crippen LogP contribution is -2.49. The number of carbonyl (C=O) groups is 2. The first-order chi connectivity index (χ1) is 11.1. The largest absolute Gasteiger partial charge is 0.478 e. The van der Waals surface area contributed by atoms with Crippen molar-refractivity contribution in [3.63, 3.8) is 0 Å². The van der Waals surface area contributed by atoms with E-state index in [9.17, 15) is 9.59 Å². The minimum Gasteiger partial charge on any atom is -0.478 e. The maximum Gasteiger partial charge on any atom is 0.335 e. The number of rotatable bonds is 7. The molecule has 1 aromatic rings. The van der Waals surface area contributed by atoms with E-state index >= 15 is 0 Å². The monoisotopic (exact) mass is 322 g/mol. The molecule has 3 N–H and O–H groups in total. The van der Waals surface area contributed by atoms with Gasteiger partial charge in [-0.25, -0.2) is 9.59 Å². The van der Waals surface area contributed by atoms with E-state index in [4.69, 9.17) is 14.6 Å². The van der Waals surface area contributed by atoms with Gasteiger partial charge in [0.15, 0.2) is 0 Å². The lowest BCUT2D eigenvalue weighted by atomic mass is 10.1. The number of hydrogen-bond acceptors (Lipinski definition) is 4. The summed E-state index contributed by atoms with van der Waals surface area (Å²) in [4.78, 5) is 22.8. The molecule has 7 nitrogen and oxygen atoms in total. The number of ether oxygens (including phenoxy) is 2. The van der Waals surface area contributed by atoms with Crippen molar-refractivity contribution >= 4 is 12.0 Å². The minimum atomic E-state index is -0.971. The Kier molecular flexibility index (Phi) is 6.37. The van der Waals surface area contributed by atoms with Crippen LogP contribution in [0.3, 0.4) is 0 Å². The van der Waals surface area contributed by atoms with Crippen LogP contribution in [0.25, 0.3) is 0 Å². The maximum absolute atomic E-state index is 12.0. The molecule has 7 heteroatoms. The van der Waals surface area contributed by atoms with Crippen LogP contribution in [0.2, 0.25) is 0 Å². The maximum atomic E-state index is 12.0. The van der Waals surface area contributed by atoms with Crippen molar-refractivity contribution in [2.24, 2.45) is 0 Å². The summed E-state index contributed by atoms with van der Waals surface area (Å²) < 4.78 is 10.7. The third-order valence-corrected chi connectivity index (χ3v) is 3.73. The molecule has 0 bridgehead atoms. The second kappa shape index (κ2) is 8.50. The van der Waals surface area contributed by atoms with Crippen LogP contribution >= 0.6 is 0 Å². The van der Waals surface area contributed by atoms with Gasteiger partial charge in [0.25, 0.3) is 0 Å². The van der Waals surface area contributed by atoms with Gasteiger partial charge in [-0.05, 0) is 30.5 Å². The molecule has 1 heterocycles. The number of hydrogen-bond donors (Lipinski definition) is 3. The Morgan fingerprint density at radius 1 is 1.39 bits per heavy atom. The molecule has 0 aromatic heterocycles. The number of carboxylic acid groups (broad SMARTS) is 1. The summed E-state index contributed by atoms with van der Waals surface area (Å²) in [5.74, 6) is -0.971. The molecule has 0 aliphatic carbocycles. The lowest BCUT2D eigenvalue weighted by molar-refractivity contribution is 0.0470. The third kappa shape index (κ3) is 5.22. The van der Waals surface area contributed by atoms with E-state index in [1.807, 2.05) is 0 Å². The number of amides is 2. The van der Waals surface area contributed by atoms with Gasteiger partial charge in [0.2, 0.25) is 0 Å². The van der Waals surface area contributed by atoms with E-state index < -0.39 is 5.97 Å². The zero-order chi connectivity index (χ0) is 16.7. The van der Waals surface area contributed by atoms with Gasteiger partial charge >= 0.3 is 12.0 Å². The molecule has 1 fully saturated rings. The summed E-state index contributed by atoms with van der Waals surface area (Å²) in [5.41, 5.74) is 1.04. The van der Waals surface area contributed by atoms with Crippen LogP contribution in [-0.4, -0.2) is 49.6 Å². The van der Waals surface area contributed by atoms with Gasteiger partial charge in [0.05, 0.1) is 24.3 Å². The van der Waals surface area contributed by atoms with Crippen LogP contribution in [0.15, 0.2) is 24.3 Å². The van der Waals surface area contributed by atoms with Crippen molar-refractivity contribution in [3.8, 4) is 0 Å². The normalized spacial score (nSPS) is 18.4. The molecule has 2 rings (SSSR count). The standard InChI is InChI=1S/C16H22N2O5/c1-22-10-13(14-3-2-8-23-14)18-16(21)17-9-11-4-6-12(7-5-11)15(19)20/h4-7,13-14H,2-3,8-10H2,1H3,(H,19,20)(H2,17,18,21). The van der Waals surface area contributed by atoms with Crippen molar-refractivity contribution in [3.05, 3.63) is 35.4 Å². The van der Waals surface area contributed by atoms with E-state index in [2.05, 4.69) is 10.6 Å². The Balaban J connectivity index is 1.81. The third-order valence-electron chi connectivity index (χ3n) is 3.73. The molecule has 23 heavy (non-hydrogen) atoms. The average Bonchev–Trinajstić information content (AvgIpc) is 3.07. The summed E-state index contributed by atoms with van der Waals surface area (Å²) >= 11 is 0. The molecule has 1 aliphatic heterocycles. The van der Waals surface area contributed by atoms with Crippen LogP contribution in [-0.2, 0) is 16.0 Å². The van der Waals surface area contributed by atoms with Gasteiger partial charge in [0.1, 0.15) is 0 Å². The smallest absolute Gasteiger partial charge is 0.335 e. The van der Waals surface area contributed by atoms with Gasteiger partial charge in [-0.1, -0.05) is 12.1 Å². The van der Waals surface area contributed by atoms with Crippen LogP contribution in [0.1, 0.15) is 28.8 Å². The zero-order valence-electron chi connectivity index (χ0n) is 13.1. The lowest BCUT2D eigenvalue weighted by Gasteiger charge is -2.23. The predicted molar refractivity (Wildman–Crippen MR) is 83.4 cm³/mol. The SMILES string of the molecule is COCC(NC(=O)NCc1ccc(C(=O)O)cc1)C1CCCO1. The second-order valence-corrected chi connectivity index (χ2v) is 5.44. The molecule has 1 aromatic carbocycles. The average molecular weight is 322 g/mol. The fourth-order valence-electron chi connectivity index (χ4n) is 2.51. The Morgan fingerprint density at radius 2 is 2.13 bits per heavy atom. The quantitative estimate of drug-likeness (QED) is 0.704. The van der Waals surface area contributed by atoms with Crippen molar-refractivity contribution in [1.29, 1.82) is 0 Å². The van der Waals surface area contributed by atoms with E-state index in [1.54, 1.807) is 19.2 Å². The predicted octanol–water partition coefficient (Wildman–Crippen LogP) is 1.38. The van der Waals surface area contributed by atoms with E-state index in [0.29, 0.717) is 19.8 Å². The number of benzene rings is 1. The summed E-state index contributed by atoms with van der Waals surface area (Å²) in [6, 6.07) is 5.89. The summed E-state index contributed by atoms with van der Waals surface area (Å²) in [6.07, 6.45) is 1.88. The van der Waals surface area contributed by atoms with Gasteiger partial charge in [-0.2, -0.15) is 0 Å². The van der Waals surface area contributed by atoms with E-state index in [-0.39, 0.29) is 23.7 Å². The minimum absolute atomic E-state index is 0.0180. The van der Waals surface area contributed by atoms with Gasteiger partial charge in [-0.3, -0.25) is 0 Å². The van der Waals surface area contributed by atoms with Crippen LogP contribution in [0, 0.1) is 0 Å². The molecule has 1 saturated heterocycles. The van der Waals surface area contributed by atoms with Gasteiger partial charge in [0, 0.05) is 20.3 Å². The fraction of sp³-hybridized carbons (Fsp3) is 0.500. The Hall–Kier alpha value is -2.12. The number of nitrogens with one attached hydrogen (secondary N) is 2. The zero-order valence-corrected chi connectivity index (χ0v) is 13.1. The van der Waals surface area contributed by atoms with E-state index in [1.165, 1.54) is 12.1 Å². The van der Waals surface area contributed by atoms with Crippen molar-refractivity contribution in [2.45, 2.75) is 31.5 Å². The molecule has 0 saturated carbocycles. The van der Waals surface area contributed by atoms with Crippen molar-refractivity contribution in [1.82, 2.24) is 10.6 Å². The van der Waals surface area contributed by atoms with Crippen LogP contribution in [0.5, 0.6) is 0 Å². The molecule has 1 aliphatic rings. The fourth-order valence-corrected chi connectivity index (χ4v) is 2.51. The number of urea groups is 1.